The minimum Gasteiger partial charge on any atom is -0.405 e. The van der Waals surface area contributed by atoms with Crippen LogP contribution in [0.4, 0.5) is 13.2 Å². The molecule has 2 N–H and O–H groups in total. The van der Waals surface area contributed by atoms with Gasteiger partial charge in [-0.2, -0.15) is 0 Å². The van der Waals surface area contributed by atoms with E-state index in [4.69, 9.17) is 0 Å². The van der Waals surface area contributed by atoms with E-state index in [2.05, 4.69) is 15.4 Å². The molecule has 0 bridgehead atoms. The number of rotatable bonds is 5. The summed E-state index contributed by atoms with van der Waals surface area (Å²) in [7, 11) is 0. The monoisotopic (exact) mass is 330 g/mol. The number of nitrogens with one attached hydrogen (secondary N) is 2. The molecule has 1 heterocycles. The van der Waals surface area contributed by atoms with Crippen LogP contribution in [0.3, 0.4) is 0 Å². The Morgan fingerprint density at radius 3 is 2.65 bits per heavy atom. The molecular formula is C16H21F3N2O2. The topological polar surface area (TPSA) is 50.4 Å². The van der Waals surface area contributed by atoms with Crippen LogP contribution in [0.1, 0.15) is 48.0 Å². The van der Waals surface area contributed by atoms with Crippen molar-refractivity contribution in [2.24, 2.45) is 0 Å². The van der Waals surface area contributed by atoms with Crippen LogP contribution in [0.15, 0.2) is 18.2 Å². The number of hydrogen-bond donors (Lipinski definition) is 2. The Hall–Kier alpha value is -1.76. The van der Waals surface area contributed by atoms with Crippen LogP contribution in [0.5, 0.6) is 5.75 Å². The zero-order valence-electron chi connectivity index (χ0n) is 13.0. The van der Waals surface area contributed by atoms with E-state index in [0.29, 0.717) is 13.0 Å². The number of amides is 1. The SMILES string of the molecule is CCCNC(=O)c1ccc(C2CCNCC2)cc1OC(F)(F)F. The number of piperidine rings is 1. The number of halogens is 3. The highest BCUT2D eigenvalue weighted by Gasteiger charge is 2.33. The first-order valence-corrected chi connectivity index (χ1v) is 7.79. The second kappa shape index (κ2) is 7.68. The van der Waals surface area contributed by atoms with E-state index in [0.717, 1.165) is 31.5 Å². The van der Waals surface area contributed by atoms with Crippen molar-refractivity contribution in [3.8, 4) is 5.75 Å². The summed E-state index contributed by atoms with van der Waals surface area (Å²) >= 11 is 0. The van der Waals surface area contributed by atoms with E-state index in [1.165, 1.54) is 12.1 Å². The summed E-state index contributed by atoms with van der Waals surface area (Å²) < 4.78 is 42.0. The summed E-state index contributed by atoms with van der Waals surface area (Å²) in [5, 5.41) is 5.79. The van der Waals surface area contributed by atoms with E-state index in [1.54, 1.807) is 6.07 Å². The molecule has 1 aliphatic heterocycles. The van der Waals surface area contributed by atoms with E-state index in [-0.39, 0.29) is 11.5 Å². The second-order valence-electron chi connectivity index (χ2n) is 5.58. The highest BCUT2D eigenvalue weighted by Crippen LogP contribution is 2.33. The Bertz CT molecular complexity index is 541. The Morgan fingerprint density at radius 1 is 1.35 bits per heavy atom. The molecular weight excluding hydrogens is 309 g/mol. The Balaban J connectivity index is 2.28. The number of hydrogen-bond acceptors (Lipinski definition) is 3. The lowest BCUT2D eigenvalue weighted by molar-refractivity contribution is -0.274. The molecule has 1 aromatic carbocycles. The first-order valence-electron chi connectivity index (χ1n) is 7.79. The Kier molecular flexibility index (Phi) is 5.87. The average Bonchev–Trinajstić information content (AvgIpc) is 2.52. The molecule has 1 aromatic rings. The molecule has 23 heavy (non-hydrogen) atoms. The third kappa shape index (κ3) is 5.13. The fourth-order valence-electron chi connectivity index (χ4n) is 2.68. The predicted octanol–water partition coefficient (Wildman–Crippen LogP) is 3.19. The predicted molar refractivity (Wildman–Crippen MR) is 80.6 cm³/mol. The lowest BCUT2D eigenvalue weighted by Crippen LogP contribution is -2.28. The van der Waals surface area contributed by atoms with Crippen LogP contribution in [0, 0.1) is 0 Å². The maximum atomic E-state index is 12.6. The van der Waals surface area contributed by atoms with Crippen LogP contribution in [0.2, 0.25) is 0 Å². The molecule has 1 aliphatic rings. The first-order chi connectivity index (χ1) is 10.9. The minimum absolute atomic E-state index is 0.0894. The Labute approximate surface area is 133 Å². The average molecular weight is 330 g/mol. The molecule has 7 heteroatoms. The van der Waals surface area contributed by atoms with Gasteiger partial charge in [0.25, 0.3) is 5.91 Å². The van der Waals surface area contributed by atoms with Crippen molar-refractivity contribution in [2.75, 3.05) is 19.6 Å². The first kappa shape index (κ1) is 17.6. The zero-order chi connectivity index (χ0) is 16.9. The molecule has 0 atom stereocenters. The molecule has 0 spiro atoms. The van der Waals surface area contributed by atoms with Crippen molar-refractivity contribution in [3.05, 3.63) is 29.3 Å². The van der Waals surface area contributed by atoms with Gasteiger partial charge >= 0.3 is 6.36 Å². The van der Waals surface area contributed by atoms with Gasteiger partial charge < -0.3 is 15.4 Å². The molecule has 0 saturated carbocycles. The van der Waals surface area contributed by atoms with Gasteiger partial charge in [-0.3, -0.25) is 4.79 Å². The summed E-state index contributed by atoms with van der Waals surface area (Å²) in [4.78, 5) is 12.0. The lowest BCUT2D eigenvalue weighted by Gasteiger charge is -2.24. The van der Waals surface area contributed by atoms with Gasteiger partial charge in [-0.25, -0.2) is 0 Å². The lowest BCUT2D eigenvalue weighted by atomic mass is 9.89. The largest absolute Gasteiger partial charge is 0.573 e. The summed E-state index contributed by atoms with van der Waals surface area (Å²) in [5.41, 5.74) is 0.686. The van der Waals surface area contributed by atoms with Gasteiger partial charge in [-0.1, -0.05) is 13.0 Å². The van der Waals surface area contributed by atoms with Crippen molar-refractivity contribution in [3.63, 3.8) is 0 Å². The molecule has 4 nitrogen and oxygen atoms in total. The molecule has 0 radical (unpaired) electrons. The smallest absolute Gasteiger partial charge is 0.405 e. The van der Waals surface area contributed by atoms with Gasteiger partial charge in [-0.15, -0.1) is 13.2 Å². The van der Waals surface area contributed by atoms with Crippen molar-refractivity contribution < 1.29 is 22.7 Å². The maximum Gasteiger partial charge on any atom is 0.573 e. The van der Waals surface area contributed by atoms with E-state index < -0.39 is 18.0 Å². The summed E-state index contributed by atoms with van der Waals surface area (Å²) in [6, 6.07) is 4.49. The van der Waals surface area contributed by atoms with Crippen LogP contribution in [-0.4, -0.2) is 31.9 Å². The molecule has 128 valence electrons. The van der Waals surface area contributed by atoms with Crippen molar-refractivity contribution in [1.29, 1.82) is 0 Å². The van der Waals surface area contributed by atoms with Crippen molar-refractivity contribution in [2.45, 2.75) is 38.5 Å². The molecule has 0 unspecified atom stereocenters. The fourth-order valence-corrected chi connectivity index (χ4v) is 2.68. The summed E-state index contributed by atoms with van der Waals surface area (Å²) in [6.07, 6.45) is -2.42. The van der Waals surface area contributed by atoms with Crippen LogP contribution < -0.4 is 15.4 Å². The van der Waals surface area contributed by atoms with Crippen molar-refractivity contribution in [1.82, 2.24) is 10.6 Å². The number of carbonyl (C=O) groups is 1. The van der Waals surface area contributed by atoms with E-state index in [9.17, 15) is 18.0 Å². The van der Waals surface area contributed by atoms with E-state index >= 15 is 0 Å². The number of benzene rings is 1. The third-order valence-electron chi connectivity index (χ3n) is 3.82. The number of carbonyl (C=O) groups excluding carboxylic acids is 1. The van der Waals surface area contributed by atoms with Gasteiger partial charge in [-0.05, 0) is 56.0 Å². The summed E-state index contributed by atoms with van der Waals surface area (Å²) in [6.45, 7) is 3.94. The molecule has 0 aromatic heterocycles. The molecule has 0 aliphatic carbocycles. The molecule has 2 rings (SSSR count). The summed E-state index contributed by atoms with van der Waals surface area (Å²) in [5.74, 6) is -0.801. The number of ether oxygens (including phenoxy) is 1. The van der Waals surface area contributed by atoms with Gasteiger partial charge in [0.05, 0.1) is 5.56 Å². The third-order valence-corrected chi connectivity index (χ3v) is 3.82. The van der Waals surface area contributed by atoms with E-state index in [1.807, 2.05) is 6.92 Å². The Morgan fingerprint density at radius 2 is 2.04 bits per heavy atom. The van der Waals surface area contributed by atoms with Gasteiger partial charge in [0, 0.05) is 6.54 Å². The van der Waals surface area contributed by atoms with Gasteiger partial charge in [0.2, 0.25) is 0 Å². The van der Waals surface area contributed by atoms with Crippen LogP contribution in [-0.2, 0) is 0 Å². The van der Waals surface area contributed by atoms with Crippen LogP contribution in [0.25, 0.3) is 0 Å². The molecule has 1 fully saturated rings. The fraction of sp³-hybridized carbons (Fsp3) is 0.562. The minimum atomic E-state index is -4.83. The molecule has 1 amide bonds. The van der Waals surface area contributed by atoms with Crippen molar-refractivity contribution >= 4 is 5.91 Å². The number of alkyl halides is 3. The second-order valence-corrected chi connectivity index (χ2v) is 5.58. The van der Waals surface area contributed by atoms with Crippen LogP contribution >= 0.6 is 0 Å². The van der Waals surface area contributed by atoms with Gasteiger partial charge in [0.15, 0.2) is 0 Å². The standard InChI is InChI=1S/C16H21F3N2O2/c1-2-7-21-15(22)13-4-3-12(11-5-8-20-9-6-11)10-14(13)23-16(17,18)19/h3-4,10-11,20H,2,5-9H2,1H3,(H,21,22). The maximum absolute atomic E-state index is 12.6. The normalized spacial score (nSPS) is 16.2. The zero-order valence-corrected chi connectivity index (χ0v) is 13.0. The molecule has 1 saturated heterocycles. The highest BCUT2D eigenvalue weighted by molar-refractivity contribution is 5.97. The highest BCUT2D eigenvalue weighted by atomic mass is 19.4. The quantitative estimate of drug-likeness (QED) is 0.872. The van der Waals surface area contributed by atoms with Gasteiger partial charge in [0.1, 0.15) is 5.75 Å².